The minimum atomic E-state index is -4.49. The Bertz CT molecular complexity index is 1210. The van der Waals surface area contributed by atoms with E-state index in [2.05, 4.69) is 10.6 Å². The van der Waals surface area contributed by atoms with Gasteiger partial charge in [0.15, 0.2) is 0 Å². The van der Waals surface area contributed by atoms with E-state index < -0.39 is 27.7 Å². The lowest BCUT2D eigenvalue weighted by Gasteiger charge is -2.14. The summed E-state index contributed by atoms with van der Waals surface area (Å²) < 4.78 is 61.7. The monoisotopic (exact) mass is 449 g/mol. The lowest BCUT2D eigenvalue weighted by atomic mass is 10.1. The summed E-state index contributed by atoms with van der Waals surface area (Å²) in [5.74, 6) is -0.490. The van der Waals surface area contributed by atoms with Crippen LogP contribution in [0.1, 0.15) is 21.5 Å². The minimum absolute atomic E-state index is 0.0279. The molecule has 0 fully saturated rings. The maximum atomic E-state index is 12.9. The summed E-state index contributed by atoms with van der Waals surface area (Å²) in [6, 6.07) is 16.8. The largest absolute Gasteiger partial charge is 0.416 e. The Morgan fingerprint density at radius 2 is 1.65 bits per heavy atom. The molecule has 10 heteroatoms. The standard InChI is InChI=1S/C21H18F3N3O3S/c22-21(23,24)15-6-4-7-16(12-15)27-19-10-2-1-9-18(19)20(28)26-13-14-5-3-8-17(11-14)31(25,29)30/h1-12,27H,13H2,(H,26,28)(H2,25,29,30). The van der Waals surface area contributed by atoms with Crippen LogP contribution in [0.15, 0.2) is 77.7 Å². The second kappa shape index (κ2) is 8.78. The second-order valence-corrected chi connectivity index (χ2v) is 8.19. The Balaban J connectivity index is 1.77. The van der Waals surface area contributed by atoms with Crippen LogP contribution < -0.4 is 15.8 Å². The van der Waals surface area contributed by atoms with Crippen LogP contribution in [0.4, 0.5) is 24.5 Å². The quantitative estimate of drug-likeness (QED) is 0.529. The van der Waals surface area contributed by atoms with Crippen LogP contribution in [0.25, 0.3) is 0 Å². The number of rotatable bonds is 6. The van der Waals surface area contributed by atoms with Crippen molar-refractivity contribution < 1.29 is 26.4 Å². The van der Waals surface area contributed by atoms with Crippen LogP contribution in [0.2, 0.25) is 0 Å². The molecule has 0 heterocycles. The van der Waals surface area contributed by atoms with Crippen LogP contribution in [-0.2, 0) is 22.7 Å². The molecule has 3 rings (SSSR count). The van der Waals surface area contributed by atoms with Gasteiger partial charge in [0.1, 0.15) is 0 Å². The zero-order valence-electron chi connectivity index (χ0n) is 16.0. The zero-order valence-corrected chi connectivity index (χ0v) is 16.8. The van der Waals surface area contributed by atoms with E-state index >= 15 is 0 Å². The Morgan fingerprint density at radius 1 is 0.935 bits per heavy atom. The van der Waals surface area contributed by atoms with Gasteiger partial charge in [-0.15, -0.1) is 0 Å². The van der Waals surface area contributed by atoms with Crippen molar-refractivity contribution in [1.29, 1.82) is 0 Å². The molecular formula is C21H18F3N3O3S. The Hall–Kier alpha value is -3.37. The van der Waals surface area contributed by atoms with Crippen molar-refractivity contribution >= 4 is 27.3 Å². The van der Waals surface area contributed by atoms with Gasteiger partial charge in [-0.2, -0.15) is 13.2 Å². The summed E-state index contributed by atoms with van der Waals surface area (Å²) in [6.07, 6.45) is -4.49. The van der Waals surface area contributed by atoms with Gasteiger partial charge in [0, 0.05) is 12.2 Å². The third kappa shape index (κ3) is 5.83. The molecule has 0 aliphatic heterocycles. The van der Waals surface area contributed by atoms with Gasteiger partial charge >= 0.3 is 6.18 Å². The smallest absolute Gasteiger partial charge is 0.355 e. The van der Waals surface area contributed by atoms with Crippen molar-refractivity contribution in [2.45, 2.75) is 17.6 Å². The first-order chi connectivity index (χ1) is 14.5. The van der Waals surface area contributed by atoms with E-state index in [1.165, 1.54) is 36.4 Å². The first kappa shape index (κ1) is 22.3. The Kier molecular flexibility index (Phi) is 6.32. The molecule has 0 saturated heterocycles. The lowest BCUT2D eigenvalue weighted by Crippen LogP contribution is -2.24. The van der Waals surface area contributed by atoms with Crippen molar-refractivity contribution in [3.05, 3.63) is 89.5 Å². The molecule has 3 aromatic rings. The predicted octanol–water partition coefficient (Wildman–Crippen LogP) is 4.03. The highest BCUT2D eigenvalue weighted by atomic mass is 32.2. The molecule has 0 spiro atoms. The number of halogens is 3. The molecule has 0 saturated carbocycles. The number of benzene rings is 3. The zero-order chi connectivity index (χ0) is 22.6. The first-order valence-corrected chi connectivity index (χ1v) is 10.5. The predicted molar refractivity (Wildman–Crippen MR) is 110 cm³/mol. The summed E-state index contributed by atoms with van der Waals surface area (Å²) in [5.41, 5.74) is 0.411. The molecule has 0 bridgehead atoms. The molecule has 1 amide bonds. The van der Waals surface area contributed by atoms with Gasteiger partial charge in [-0.3, -0.25) is 4.79 Å². The normalized spacial score (nSPS) is 11.7. The van der Waals surface area contributed by atoms with Gasteiger partial charge in [0.2, 0.25) is 10.0 Å². The number of sulfonamides is 1. The van der Waals surface area contributed by atoms with Crippen molar-refractivity contribution in [3.63, 3.8) is 0 Å². The fourth-order valence-electron chi connectivity index (χ4n) is 2.83. The average molecular weight is 449 g/mol. The number of alkyl halides is 3. The molecule has 0 radical (unpaired) electrons. The van der Waals surface area contributed by atoms with Crippen LogP contribution in [0, 0.1) is 0 Å². The molecule has 0 aromatic heterocycles. The summed E-state index contributed by atoms with van der Waals surface area (Å²) in [7, 11) is -3.87. The number of carbonyl (C=O) groups excluding carboxylic acids is 1. The highest BCUT2D eigenvalue weighted by Gasteiger charge is 2.30. The van der Waals surface area contributed by atoms with Gasteiger partial charge in [-0.25, -0.2) is 13.6 Å². The minimum Gasteiger partial charge on any atom is -0.355 e. The van der Waals surface area contributed by atoms with Crippen LogP contribution in [0.5, 0.6) is 0 Å². The van der Waals surface area contributed by atoms with Crippen molar-refractivity contribution in [2.24, 2.45) is 5.14 Å². The third-order valence-electron chi connectivity index (χ3n) is 4.32. The molecule has 162 valence electrons. The number of nitrogens with two attached hydrogens (primary N) is 1. The van der Waals surface area contributed by atoms with E-state index in [4.69, 9.17) is 5.14 Å². The molecule has 0 unspecified atom stereocenters. The molecule has 0 aliphatic rings. The maximum Gasteiger partial charge on any atom is 0.416 e. The molecule has 0 aliphatic carbocycles. The van der Waals surface area contributed by atoms with Gasteiger partial charge < -0.3 is 10.6 Å². The lowest BCUT2D eigenvalue weighted by molar-refractivity contribution is -0.137. The van der Waals surface area contributed by atoms with E-state index in [0.717, 1.165) is 12.1 Å². The van der Waals surface area contributed by atoms with E-state index in [1.807, 2.05) is 0 Å². The first-order valence-electron chi connectivity index (χ1n) is 8.97. The van der Waals surface area contributed by atoms with Crippen molar-refractivity contribution in [2.75, 3.05) is 5.32 Å². The van der Waals surface area contributed by atoms with E-state index in [0.29, 0.717) is 11.3 Å². The number of para-hydroxylation sites is 1. The SMILES string of the molecule is NS(=O)(=O)c1cccc(CNC(=O)c2ccccc2Nc2cccc(C(F)(F)F)c2)c1. The number of nitrogens with one attached hydrogen (secondary N) is 2. The molecule has 31 heavy (non-hydrogen) atoms. The third-order valence-corrected chi connectivity index (χ3v) is 5.23. The fraction of sp³-hybridized carbons (Fsp3) is 0.0952. The Labute approximate surface area is 176 Å². The van der Waals surface area contributed by atoms with Gasteiger partial charge in [0.25, 0.3) is 5.91 Å². The number of amides is 1. The van der Waals surface area contributed by atoms with E-state index in [1.54, 1.807) is 24.3 Å². The van der Waals surface area contributed by atoms with Gasteiger partial charge in [-0.05, 0) is 48.0 Å². The number of primary sulfonamides is 1. The summed E-state index contributed by atoms with van der Waals surface area (Å²) in [4.78, 5) is 12.6. The summed E-state index contributed by atoms with van der Waals surface area (Å²) >= 11 is 0. The molecule has 3 aromatic carbocycles. The molecule has 6 nitrogen and oxygen atoms in total. The average Bonchev–Trinajstić information content (AvgIpc) is 2.72. The van der Waals surface area contributed by atoms with Gasteiger partial charge in [0.05, 0.1) is 21.7 Å². The topological polar surface area (TPSA) is 101 Å². The van der Waals surface area contributed by atoms with E-state index in [9.17, 15) is 26.4 Å². The van der Waals surface area contributed by atoms with Crippen LogP contribution >= 0.6 is 0 Å². The van der Waals surface area contributed by atoms with Crippen molar-refractivity contribution in [1.82, 2.24) is 5.32 Å². The fourth-order valence-corrected chi connectivity index (χ4v) is 3.41. The highest BCUT2D eigenvalue weighted by molar-refractivity contribution is 7.89. The Morgan fingerprint density at radius 3 is 2.35 bits per heavy atom. The van der Waals surface area contributed by atoms with Gasteiger partial charge in [-0.1, -0.05) is 30.3 Å². The van der Waals surface area contributed by atoms with Crippen LogP contribution in [-0.4, -0.2) is 14.3 Å². The molecular weight excluding hydrogens is 431 g/mol. The van der Waals surface area contributed by atoms with Crippen LogP contribution in [0.3, 0.4) is 0 Å². The van der Waals surface area contributed by atoms with E-state index in [-0.39, 0.29) is 22.7 Å². The van der Waals surface area contributed by atoms with Crippen molar-refractivity contribution in [3.8, 4) is 0 Å². The highest BCUT2D eigenvalue weighted by Crippen LogP contribution is 2.31. The summed E-state index contributed by atoms with van der Waals surface area (Å²) in [5, 5.41) is 10.6. The number of hydrogen-bond acceptors (Lipinski definition) is 4. The maximum absolute atomic E-state index is 12.9. The number of carbonyl (C=O) groups is 1. The molecule has 4 N–H and O–H groups in total. The summed E-state index contributed by atoms with van der Waals surface area (Å²) in [6.45, 7) is 0.0279. The number of hydrogen-bond donors (Lipinski definition) is 3. The number of anilines is 2. The second-order valence-electron chi connectivity index (χ2n) is 6.62. The molecule has 0 atom stereocenters.